The summed E-state index contributed by atoms with van der Waals surface area (Å²) in [6.45, 7) is 2.34. The maximum Gasteiger partial charge on any atom is -0.0168 e. The van der Waals surface area contributed by atoms with Crippen molar-refractivity contribution in [1.29, 1.82) is 0 Å². The summed E-state index contributed by atoms with van der Waals surface area (Å²) in [7, 11) is 0. The molecule has 2 aliphatic rings. The Morgan fingerprint density at radius 1 is 0.882 bits per heavy atom. The first-order valence-corrected chi connectivity index (χ1v) is 7.70. The van der Waals surface area contributed by atoms with Crippen molar-refractivity contribution < 1.29 is 0 Å². The molecule has 0 nitrogen and oxygen atoms in total. The Labute approximate surface area is 107 Å². The molecule has 0 saturated carbocycles. The lowest BCUT2D eigenvalue weighted by atomic mass is 9.80. The van der Waals surface area contributed by atoms with Crippen molar-refractivity contribution in [3.8, 4) is 0 Å². The predicted octanol–water partition coefficient (Wildman–Crippen LogP) is 5.65. The SMILES string of the molecule is CC1=CC(C2C=CCCCCC2)CCCCC1. The Morgan fingerprint density at radius 2 is 1.65 bits per heavy atom. The smallest absolute Gasteiger partial charge is 0.0168 e. The second-order valence-electron chi connectivity index (χ2n) is 6.01. The molecule has 0 heteroatoms. The Kier molecular flexibility index (Phi) is 5.35. The molecule has 2 unspecified atom stereocenters. The van der Waals surface area contributed by atoms with E-state index >= 15 is 0 Å². The first kappa shape index (κ1) is 12.9. The third kappa shape index (κ3) is 4.33. The summed E-state index contributed by atoms with van der Waals surface area (Å²) in [6.07, 6.45) is 21.7. The van der Waals surface area contributed by atoms with Crippen molar-refractivity contribution in [2.45, 2.75) is 71.1 Å². The van der Waals surface area contributed by atoms with Crippen LogP contribution >= 0.6 is 0 Å². The molecule has 0 aromatic carbocycles. The van der Waals surface area contributed by atoms with Crippen LogP contribution in [0.4, 0.5) is 0 Å². The molecule has 2 atom stereocenters. The summed E-state index contributed by atoms with van der Waals surface area (Å²) in [5.74, 6) is 1.67. The standard InChI is InChI=1S/C17H28/c1-15-10-6-5-9-13-17(14-15)16-11-7-3-2-4-8-12-16/h7,11,14,16-17H,2-6,8-10,12-13H2,1H3. The van der Waals surface area contributed by atoms with E-state index in [1.54, 1.807) is 5.57 Å². The van der Waals surface area contributed by atoms with Crippen LogP contribution in [0.3, 0.4) is 0 Å². The minimum Gasteiger partial charge on any atom is -0.0882 e. The van der Waals surface area contributed by atoms with Crippen LogP contribution in [0.1, 0.15) is 71.1 Å². The normalized spacial score (nSPS) is 31.9. The molecule has 2 rings (SSSR count). The lowest BCUT2D eigenvalue weighted by Crippen LogP contribution is -2.13. The van der Waals surface area contributed by atoms with E-state index in [1.165, 1.54) is 64.2 Å². The van der Waals surface area contributed by atoms with E-state index in [9.17, 15) is 0 Å². The number of hydrogen-bond acceptors (Lipinski definition) is 0. The molecule has 0 amide bonds. The van der Waals surface area contributed by atoms with Gasteiger partial charge in [-0.25, -0.2) is 0 Å². The monoisotopic (exact) mass is 232 g/mol. The van der Waals surface area contributed by atoms with Gasteiger partial charge < -0.3 is 0 Å². The van der Waals surface area contributed by atoms with Gasteiger partial charge in [-0.15, -0.1) is 0 Å². The van der Waals surface area contributed by atoms with Crippen molar-refractivity contribution in [3.05, 3.63) is 23.8 Å². The number of allylic oxidation sites excluding steroid dienone is 4. The third-order valence-electron chi connectivity index (χ3n) is 4.45. The Hall–Kier alpha value is -0.520. The molecule has 17 heavy (non-hydrogen) atoms. The molecule has 0 aromatic rings. The number of hydrogen-bond donors (Lipinski definition) is 0. The highest BCUT2D eigenvalue weighted by Crippen LogP contribution is 2.31. The molecular weight excluding hydrogens is 204 g/mol. The summed E-state index contributed by atoms with van der Waals surface area (Å²) in [4.78, 5) is 0. The van der Waals surface area contributed by atoms with Gasteiger partial charge in [0.05, 0.1) is 0 Å². The fraction of sp³-hybridized carbons (Fsp3) is 0.765. The van der Waals surface area contributed by atoms with Crippen LogP contribution in [0, 0.1) is 11.8 Å². The zero-order valence-corrected chi connectivity index (χ0v) is 11.5. The van der Waals surface area contributed by atoms with Gasteiger partial charge in [-0.1, -0.05) is 49.5 Å². The summed E-state index contributed by atoms with van der Waals surface area (Å²) in [5.41, 5.74) is 1.64. The summed E-state index contributed by atoms with van der Waals surface area (Å²) in [5, 5.41) is 0. The quantitative estimate of drug-likeness (QED) is 0.512. The van der Waals surface area contributed by atoms with E-state index in [1.807, 2.05) is 0 Å². The molecule has 0 aliphatic heterocycles. The van der Waals surface area contributed by atoms with Gasteiger partial charge in [-0.05, 0) is 57.3 Å². The van der Waals surface area contributed by atoms with Gasteiger partial charge in [0.15, 0.2) is 0 Å². The fourth-order valence-electron chi connectivity index (χ4n) is 3.37. The van der Waals surface area contributed by atoms with Crippen molar-refractivity contribution in [1.82, 2.24) is 0 Å². The van der Waals surface area contributed by atoms with E-state index < -0.39 is 0 Å². The van der Waals surface area contributed by atoms with E-state index in [2.05, 4.69) is 25.2 Å². The summed E-state index contributed by atoms with van der Waals surface area (Å²) >= 11 is 0. The topological polar surface area (TPSA) is 0 Å². The first-order valence-electron chi connectivity index (χ1n) is 7.70. The summed E-state index contributed by atoms with van der Waals surface area (Å²) in [6, 6.07) is 0. The van der Waals surface area contributed by atoms with Gasteiger partial charge in [0.25, 0.3) is 0 Å². The van der Waals surface area contributed by atoms with Crippen LogP contribution in [0.5, 0.6) is 0 Å². The minimum absolute atomic E-state index is 0.836. The highest BCUT2D eigenvalue weighted by molar-refractivity contribution is 5.07. The van der Waals surface area contributed by atoms with Crippen molar-refractivity contribution in [2.75, 3.05) is 0 Å². The molecule has 0 saturated heterocycles. The van der Waals surface area contributed by atoms with E-state index in [4.69, 9.17) is 0 Å². The Morgan fingerprint density at radius 3 is 2.53 bits per heavy atom. The van der Waals surface area contributed by atoms with Crippen LogP contribution < -0.4 is 0 Å². The van der Waals surface area contributed by atoms with Crippen LogP contribution in [-0.2, 0) is 0 Å². The zero-order chi connectivity index (χ0) is 11.9. The van der Waals surface area contributed by atoms with Gasteiger partial charge in [-0.2, -0.15) is 0 Å². The van der Waals surface area contributed by atoms with Gasteiger partial charge in [0, 0.05) is 0 Å². The average molecular weight is 232 g/mol. The van der Waals surface area contributed by atoms with Crippen LogP contribution in [-0.4, -0.2) is 0 Å². The number of rotatable bonds is 1. The van der Waals surface area contributed by atoms with E-state index in [-0.39, 0.29) is 0 Å². The second kappa shape index (κ2) is 7.03. The Balaban J connectivity index is 2.03. The van der Waals surface area contributed by atoms with Crippen LogP contribution in [0.15, 0.2) is 23.8 Å². The summed E-state index contributed by atoms with van der Waals surface area (Å²) < 4.78 is 0. The highest BCUT2D eigenvalue weighted by Gasteiger charge is 2.18. The lowest BCUT2D eigenvalue weighted by Gasteiger charge is -2.25. The molecule has 96 valence electrons. The molecular formula is C17H28. The molecule has 0 spiro atoms. The second-order valence-corrected chi connectivity index (χ2v) is 6.01. The van der Waals surface area contributed by atoms with Gasteiger partial charge in [0.1, 0.15) is 0 Å². The van der Waals surface area contributed by atoms with E-state index in [0.717, 1.165) is 11.8 Å². The maximum atomic E-state index is 2.61. The zero-order valence-electron chi connectivity index (χ0n) is 11.5. The highest BCUT2D eigenvalue weighted by atomic mass is 14.2. The minimum atomic E-state index is 0.836. The van der Waals surface area contributed by atoms with Crippen LogP contribution in [0.2, 0.25) is 0 Å². The maximum absolute atomic E-state index is 2.61. The van der Waals surface area contributed by atoms with Crippen molar-refractivity contribution in [3.63, 3.8) is 0 Å². The largest absolute Gasteiger partial charge is 0.0882 e. The lowest BCUT2D eigenvalue weighted by molar-refractivity contribution is 0.377. The molecule has 0 bridgehead atoms. The predicted molar refractivity (Wildman–Crippen MR) is 76.0 cm³/mol. The van der Waals surface area contributed by atoms with Crippen LogP contribution in [0.25, 0.3) is 0 Å². The molecule has 0 N–H and O–H groups in total. The molecule has 0 aromatic heterocycles. The van der Waals surface area contributed by atoms with Gasteiger partial charge >= 0.3 is 0 Å². The molecule has 2 aliphatic carbocycles. The van der Waals surface area contributed by atoms with Gasteiger partial charge in [-0.3, -0.25) is 0 Å². The van der Waals surface area contributed by atoms with Crippen molar-refractivity contribution in [2.24, 2.45) is 11.8 Å². The first-order chi connectivity index (χ1) is 8.36. The molecule has 0 fully saturated rings. The average Bonchev–Trinajstić information content (AvgIpc) is 2.23. The fourth-order valence-corrected chi connectivity index (χ4v) is 3.37. The van der Waals surface area contributed by atoms with Crippen molar-refractivity contribution >= 4 is 0 Å². The third-order valence-corrected chi connectivity index (χ3v) is 4.45. The van der Waals surface area contributed by atoms with E-state index in [0.29, 0.717) is 0 Å². The molecule has 0 heterocycles. The molecule has 0 radical (unpaired) electrons. The van der Waals surface area contributed by atoms with Gasteiger partial charge in [0.2, 0.25) is 0 Å². The Bertz CT molecular complexity index is 272.